The predicted octanol–water partition coefficient (Wildman–Crippen LogP) is 2.37. The highest BCUT2D eigenvalue weighted by Gasteiger charge is 2.42. The highest BCUT2D eigenvalue weighted by molar-refractivity contribution is 5.90. The summed E-state index contributed by atoms with van der Waals surface area (Å²) in [7, 11) is 0. The van der Waals surface area contributed by atoms with E-state index >= 15 is 0 Å². The lowest BCUT2D eigenvalue weighted by Crippen LogP contribution is -2.35. The van der Waals surface area contributed by atoms with Crippen LogP contribution in [0.4, 0.5) is 19.3 Å². The van der Waals surface area contributed by atoms with E-state index in [-0.39, 0.29) is 17.3 Å². The number of rotatable bonds is 4. The zero-order chi connectivity index (χ0) is 16.3. The van der Waals surface area contributed by atoms with Crippen LogP contribution in [0.1, 0.15) is 12.8 Å². The van der Waals surface area contributed by atoms with Gasteiger partial charge in [0.15, 0.2) is 6.61 Å². The van der Waals surface area contributed by atoms with Gasteiger partial charge in [-0.1, -0.05) is 0 Å². The lowest BCUT2D eigenvalue weighted by Gasteiger charge is -2.22. The van der Waals surface area contributed by atoms with Crippen LogP contribution in [0.2, 0.25) is 0 Å². The topological polar surface area (TPSA) is 63.7 Å². The lowest BCUT2D eigenvalue weighted by molar-refractivity contribution is 0.0800. The summed E-state index contributed by atoms with van der Waals surface area (Å²) in [5.41, 5.74) is 0.364. The molecule has 0 aliphatic carbocycles. The fourth-order valence-electron chi connectivity index (χ4n) is 3.02. The average molecular weight is 327 g/mol. The van der Waals surface area contributed by atoms with E-state index in [1.807, 2.05) is 0 Å². The van der Waals surface area contributed by atoms with Crippen LogP contribution in [-0.4, -0.2) is 55.3 Å². The van der Waals surface area contributed by atoms with Gasteiger partial charge in [-0.3, -0.25) is 0 Å². The minimum Gasteiger partial charge on any atom is -0.470 e. The van der Waals surface area contributed by atoms with Gasteiger partial charge in [0.1, 0.15) is 5.69 Å². The molecular weight excluding hydrogens is 308 g/mol. The van der Waals surface area contributed by atoms with Crippen LogP contribution < -0.4 is 10.1 Å². The Hall–Kier alpha value is -1.96. The number of hydrogen-bond donors (Lipinski definition) is 1. The number of ether oxygens (including phenoxy) is 2. The van der Waals surface area contributed by atoms with Gasteiger partial charge in [0.05, 0.1) is 6.61 Å². The molecule has 0 radical (unpaired) electrons. The fraction of sp³-hybridized carbons (Fsp3) is 0.600. The number of hydrogen-bond acceptors (Lipinski definition) is 4. The molecule has 2 aliphatic rings. The maximum Gasteiger partial charge on any atom is 0.322 e. The third-order valence-electron chi connectivity index (χ3n) is 4.27. The van der Waals surface area contributed by atoms with Gasteiger partial charge in [0, 0.05) is 31.3 Å². The Labute approximate surface area is 132 Å². The fourth-order valence-corrected chi connectivity index (χ4v) is 3.02. The van der Waals surface area contributed by atoms with Crippen LogP contribution in [0.25, 0.3) is 0 Å². The third kappa shape index (κ3) is 3.69. The van der Waals surface area contributed by atoms with Gasteiger partial charge in [-0.2, -0.15) is 0 Å². The molecule has 0 aromatic carbocycles. The van der Waals surface area contributed by atoms with Crippen LogP contribution >= 0.6 is 0 Å². The summed E-state index contributed by atoms with van der Waals surface area (Å²) in [4.78, 5) is 18.0. The van der Waals surface area contributed by atoms with Gasteiger partial charge in [0.2, 0.25) is 5.88 Å². The van der Waals surface area contributed by atoms with E-state index in [1.165, 1.54) is 6.20 Å². The zero-order valence-electron chi connectivity index (χ0n) is 12.6. The lowest BCUT2D eigenvalue weighted by atomic mass is 9.87. The van der Waals surface area contributed by atoms with Crippen molar-refractivity contribution in [1.82, 2.24) is 9.88 Å². The summed E-state index contributed by atoms with van der Waals surface area (Å²) in [6.45, 7) is 1.97. The van der Waals surface area contributed by atoms with Crippen LogP contribution in [0.15, 0.2) is 18.3 Å². The first-order valence-corrected chi connectivity index (χ1v) is 7.58. The molecule has 1 spiro atoms. The molecule has 1 N–H and O–H groups in total. The van der Waals surface area contributed by atoms with Crippen molar-refractivity contribution in [2.45, 2.75) is 19.3 Å². The van der Waals surface area contributed by atoms with Crippen molar-refractivity contribution in [2.24, 2.45) is 5.41 Å². The second kappa shape index (κ2) is 6.66. The largest absolute Gasteiger partial charge is 0.470 e. The minimum absolute atomic E-state index is 0.000685. The molecule has 126 valence electrons. The molecule has 1 atom stereocenters. The number of anilines is 1. The van der Waals surface area contributed by atoms with E-state index in [0.29, 0.717) is 25.4 Å². The van der Waals surface area contributed by atoms with Crippen molar-refractivity contribution in [2.75, 3.05) is 38.2 Å². The van der Waals surface area contributed by atoms with Crippen molar-refractivity contribution in [3.8, 4) is 5.88 Å². The monoisotopic (exact) mass is 327 g/mol. The van der Waals surface area contributed by atoms with Gasteiger partial charge in [0.25, 0.3) is 6.43 Å². The molecule has 2 saturated heterocycles. The van der Waals surface area contributed by atoms with Crippen molar-refractivity contribution in [1.29, 1.82) is 0 Å². The SMILES string of the molecule is O=C(Nc1cccnc1OCC(F)F)N1CC[C@]2(CCOC2)C1. The first kappa shape index (κ1) is 15.9. The number of nitrogens with zero attached hydrogens (tertiary/aromatic N) is 2. The normalized spacial score (nSPS) is 23.7. The van der Waals surface area contributed by atoms with Crippen LogP contribution in [0, 0.1) is 5.41 Å². The summed E-state index contributed by atoms with van der Waals surface area (Å²) < 4.78 is 34.9. The first-order valence-electron chi connectivity index (χ1n) is 7.58. The van der Waals surface area contributed by atoms with Crippen LogP contribution in [0.3, 0.4) is 0 Å². The summed E-state index contributed by atoms with van der Waals surface area (Å²) in [5, 5.41) is 2.70. The predicted molar refractivity (Wildman–Crippen MR) is 78.8 cm³/mol. The quantitative estimate of drug-likeness (QED) is 0.922. The van der Waals surface area contributed by atoms with Crippen molar-refractivity contribution < 1.29 is 23.0 Å². The number of amides is 2. The average Bonchev–Trinajstić information content (AvgIpc) is 3.17. The second-order valence-electron chi connectivity index (χ2n) is 5.96. The second-order valence-corrected chi connectivity index (χ2v) is 5.96. The molecule has 0 unspecified atom stereocenters. The molecular formula is C15H19F2N3O3. The van der Waals surface area contributed by atoms with E-state index in [1.54, 1.807) is 17.0 Å². The molecule has 3 heterocycles. The number of nitrogens with one attached hydrogen (secondary N) is 1. The number of aromatic nitrogens is 1. The van der Waals surface area contributed by atoms with E-state index in [0.717, 1.165) is 19.4 Å². The number of pyridine rings is 1. The number of halogens is 2. The summed E-state index contributed by atoms with van der Waals surface area (Å²) in [6.07, 6.45) is 0.715. The van der Waals surface area contributed by atoms with Gasteiger partial charge in [-0.25, -0.2) is 18.6 Å². The third-order valence-corrected chi connectivity index (χ3v) is 4.27. The molecule has 1 aromatic rings. The maximum atomic E-state index is 12.4. The number of carbonyl (C=O) groups excluding carboxylic acids is 1. The summed E-state index contributed by atoms with van der Waals surface area (Å²) in [6, 6.07) is 2.92. The molecule has 2 aliphatic heterocycles. The van der Waals surface area contributed by atoms with E-state index in [2.05, 4.69) is 10.3 Å². The smallest absolute Gasteiger partial charge is 0.322 e. The number of likely N-dealkylation sites (tertiary alicyclic amines) is 1. The van der Waals surface area contributed by atoms with E-state index < -0.39 is 13.0 Å². The molecule has 1 aromatic heterocycles. The summed E-state index contributed by atoms with van der Waals surface area (Å²) >= 11 is 0. The van der Waals surface area contributed by atoms with Gasteiger partial charge < -0.3 is 19.7 Å². The van der Waals surface area contributed by atoms with Gasteiger partial charge in [-0.05, 0) is 25.0 Å². The maximum absolute atomic E-state index is 12.4. The summed E-state index contributed by atoms with van der Waals surface area (Å²) in [5.74, 6) is -0.000685. The van der Waals surface area contributed by atoms with E-state index in [4.69, 9.17) is 9.47 Å². The number of carbonyl (C=O) groups is 1. The number of alkyl halides is 2. The Morgan fingerprint density at radius 3 is 3.13 bits per heavy atom. The van der Waals surface area contributed by atoms with Crippen molar-refractivity contribution in [3.05, 3.63) is 18.3 Å². The Morgan fingerprint density at radius 1 is 1.52 bits per heavy atom. The zero-order valence-corrected chi connectivity index (χ0v) is 12.6. The molecule has 2 amide bonds. The molecule has 0 saturated carbocycles. The highest BCUT2D eigenvalue weighted by Crippen LogP contribution is 2.38. The Bertz CT molecular complexity index is 565. The van der Waals surface area contributed by atoms with Crippen LogP contribution in [-0.2, 0) is 4.74 Å². The highest BCUT2D eigenvalue weighted by atomic mass is 19.3. The van der Waals surface area contributed by atoms with Crippen molar-refractivity contribution in [3.63, 3.8) is 0 Å². The van der Waals surface area contributed by atoms with Gasteiger partial charge in [-0.15, -0.1) is 0 Å². The van der Waals surface area contributed by atoms with Crippen LogP contribution in [0.5, 0.6) is 5.88 Å². The minimum atomic E-state index is -2.60. The molecule has 0 bridgehead atoms. The van der Waals surface area contributed by atoms with E-state index in [9.17, 15) is 13.6 Å². The van der Waals surface area contributed by atoms with Gasteiger partial charge >= 0.3 is 6.03 Å². The Morgan fingerprint density at radius 2 is 2.39 bits per heavy atom. The van der Waals surface area contributed by atoms with Crippen molar-refractivity contribution >= 4 is 11.7 Å². The standard InChI is InChI=1S/C15H19F2N3O3/c16-12(17)8-23-13-11(2-1-5-18-13)19-14(21)20-6-3-15(9-20)4-7-22-10-15/h1-2,5,12H,3-4,6-10H2,(H,19,21)/t15-/m0/s1. The molecule has 2 fully saturated rings. The Kier molecular flexibility index (Phi) is 4.61. The molecule has 3 rings (SSSR count). The first-order chi connectivity index (χ1) is 11.1. The molecule has 23 heavy (non-hydrogen) atoms. The molecule has 8 heteroatoms. The number of urea groups is 1. The molecule has 6 nitrogen and oxygen atoms in total. The Balaban J connectivity index is 1.62.